The van der Waals surface area contributed by atoms with Crippen LogP contribution in [0, 0.1) is 0 Å². The van der Waals surface area contributed by atoms with E-state index >= 15 is 0 Å². The predicted molar refractivity (Wildman–Crippen MR) is 49.4 cm³/mol. The van der Waals surface area contributed by atoms with Crippen LogP contribution in [-0.4, -0.2) is 24.3 Å². The van der Waals surface area contributed by atoms with E-state index in [-0.39, 0.29) is 6.42 Å². The zero-order valence-corrected chi connectivity index (χ0v) is 10.2. The van der Waals surface area contributed by atoms with Gasteiger partial charge in [0.15, 0.2) is 0 Å². The van der Waals surface area contributed by atoms with Crippen LogP contribution in [0.5, 0.6) is 0 Å². The summed E-state index contributed by atoms with van der Waals surface area (Å²) < 4.78 is 51.5. The fraction of sp³-hybridized carbons (Fsp3) is 1.00. The molecule has 0 rings (SSSR count). The van der Waals surface area contributed by atoms with E-state index in [2.05, 4.69) is 4.74 Å². The molecular weight excluding hydrogens is 286 g/mol. The van der Waals surface area contributed by atoms with Crippen molar-refractivity contribution in [3.8, 4) is 0 Å². The smallest absolute Gasteiger partial charge is 0.337 e. The molecule has 0 fully saturated rings. The number of hydrogen-bond acceptors (Lipinski definition) is 1. The molecule has 0 saturated carbocycles. The third kappa shape index (κ3) is 5.02. The molecule has 14 heavy (non-hydrogen) atoms. The van der Waals surface area contributed by atoms with E-state index in [9.17, 15) is 17.6 Å². The van der Waals surface area contributed by atoms with E-state index < -0.39 is 24.3 Å². The highest BCUT2D eigenvalue weighted by Gasteiger charge is 2.47. The monoisotopic (exact) mass is 292 g/mol. The Kier molecular flexibility index (Phi) is 5.49. The van der Waals surface area contributed by atoms with Crippen LogP contribution >= 0.6 is 33.2 Å². The average Bonchev–Trinajstić information content (AvgIpc) is 1.95. The summed E-state index contributed by atoms with van der Waals surface area (Å²) in [6.07, 6.45) is -8.48. The first kappa shape index (κ1) is 14.8. The van der Waals surface area contributed by atoms with Gasteiger partial charge in [0, 0.05) is 0 Å². The first-order valence-electron chi connectivity index (χ1n) is 3.52. The van der Waals surface area contributed by atoms with Gasteiger partial charge in [0.2, 0.25) is 0 Å². The third-order valence-electron chi connectivity index (χ3n) is 1.28. The largest absolute Gasteiger partial charge is 0.445 e. The first-order valence-corrected chi connectivity index (χ1v) is 8.63. The number of alkyl halides is 4. The third-order valence-corrected chi connectivity index (χ3v) is 4.74. The molecule has 2 unspecified atom stereocenters. The highest BCUT2D eigenvalue weighted by molar-refractivity contribution is 7.65. The standard InChI is InChI=1S/C5H7Cl3F4OSi/c1-2-3(14(6,7)8)13-4(9)5(10,11)12/h3-4H,2H2,1H3. The molecule has 0 aromatic heterocycles. The van der Waals surface area contributed by atoms with Crippen LogP contribution in [0.15, 0.2) is 0 Å². The van der Waals surface area contributed by atoms with E-state index in [1.54, 1.807) is 0 Å². The van der Waals surface area contributed by atoms with Crippen molar-refractivity contribution in [2.75, 3.05) is 0 Å². The quantitative estimate of drug-likeness (QED) is 0.435. The molecule has 0 aromatic rings. The SMILES string of the molecule is CCC(OC(F)C(F)(F)F)[Si](Cl)(Cl)Cl. The second-order valence-corrected chi connectivity index (χ2v) is 11.3. The van der Waals surface area contributed by atoms with Crippen molar-refractivity contribution in [3.05, 3.63) is 0 Å². The Morgan fingerprint density at radius 3 is 1.93 bits per heavy atom. The molecule has 0 aliphatic heterocycles. The zero-order chi connectivity index (χ0) is 11.6. The molecule has 0 aliphatic carbocycles. The summed E-state index contributed by atoms with van der Waals surface area (Å²) in [6.45, 7) is 1.45. The van der Waals surface area contributed by atoms with Gasteiger partial charge in [-0.05, 0) is 6.42 Å². The van der Waals surface area contributed by atoms with E-state index in [0.717, 1.165) is 0 Å². The maximum atomic E-state index is 12.4. The lowest BCUT2D eigenvalue weighted by Gasteiger charge is -2.24. The molecule has 0 radical (unpaired) electrons. The number of halogens is 7. The molecule has 0 heterocycles. The molecule has 0 bridgehead atoms. The molecule has 0 spiro atoms. The zero-order valence-electron chi connectivity index (χ0n) is 6.92. The van der Waals surface area contributed by atoms with Gasteiger partial charge >= 0.3 is 12.2 Å². The molecular formula is C5H7Cl3F4OSi. The van der Waals surface area contributed by atoms with E-state index in [0.29, 0.717) is 0 Å². The Labute approximate surface area is 93.4 Å². The van der Waals surface area contributed by atoms with Crippen molar-refractivity contribution in [2.24, 2.45) is 0 Å². The Morgan fingerprint density at radius 2 is 1.71 bits per heavy atom. The summed E-state index contributed by atoms with van der Waals surface area (Å²) >= 11 is 16.2. The van der Waals surface area contributed by atoms with Gasteiger partial charge in [-0.25, -0.2) is 4.39 Å². The first-order chi connectivity index (χ1) is 6.09. The number of hydrogen-bond donors (Lipinski definition) is 0. The minimum atomic E-state index is -5.09. The van der Waals surface area contributed by atoms with Crippen LogP contribution in [-0.2, 0) is 4.74 Å². The highest BCUT2D eigenvalue weighted by atomic mass is 35.8. The summed E-state index contributed by atoms with van der Waals surface area (Å²) in [6, 6.07) is -3.47. The van der Waals surface area contributed by atoms with Crippen molar-refractivity contribution >= 4 is 39.2 Å². The van der Waals surface area contributed by atoms with Crippen molar-refractivity contribution in [2.45, 2.75) is 31.6 Å². The van der Waals surface area contributed by atoms with Gasteiger partial charge in [-0.3, -0.25) is 0 Å². The Balaban J connectivity index is 4.34. The molecule has 0 saturated heterocycles. The second kappa shape index (κ2) is 5.20. The Morgan fingerprint density at radius 1 is 1.29 bits per heavy atom. The minimum absolute atomic E-state index is 0.0131. The molecule has 9 heteroatoms. The Hall–Kier alpha value is 0.767. The van der Waals surface area contributed by atoms with Gasteiger partial charge in [0.05, 0.1) is 5.73 Å². The molecule has 2 atom stereocenters. The van der Waals surface area contributed by atoms with Gasteiger partial charge in [0.1, 0.15) is 0 Å². The van der Waals surface area contributed by atoms with Gasteiger partial charge in [0.25, 0.3) is 6.36 Å². The number of ether oxygens (including phenoxy) is 1. The van der Waals surface area contributed by atoms with Gasteiger partial charge in [-0.2, -0.15) is 13.2 Å². The summed E-state index contributed by atoms with van der Waals surface area (Å²) in [5, 5.41) is 0. The van der Waals surface area contributed by atoms with Crippen LogP contribution in [0.3, 0.4) is 0 Å². The maximum Gasteiger partial charge on any atom is 0.445 e. The van der Waals surface area contributed by atoms with Crippen LogP contribution in [0.4, 0.5) is 17.6 Å². The lowest BCUT2D eigenvalue weighted by Crippen LogP contribution is -2.40. The molecule has 1 nitrogen and oxygen atoms in total. The molecule has 0 N–H and O–H groups in total. The number of rotatable bonds is 4. The van der Waals surface area contributed by atoms with E-state index in [4.69, 9.17) is 33.2 Å². The van der Waals surface area contributed by atoms with Gasteiger partial charge < -0.3 is 4.74 Å². The fourth-order valence-electron chi connectivity index (χ4n) is 0.626. The summed E-state index contributed by atoms with van der Waals surface area (Å²) in [5.41, 5.74) is -1.30. The van der Waals surface area contributed by atoms with Crippen molar-refractivity contribution in [1.82, 2.24) is 0 Å². The van der Waals surface area contributed by atoms with Crippen LogP contribution in [0.25, 0.3) is 0 Å². The maximum absolute atomic E-state index is 12.4. The van der Waals surface area contributed by atoms with Gasteiger partial charge in [-0.15, -0.1) is 33.2 Å². The van der Waals surface area contributed by atoms with E-state index in [1.807, 2.05) is 0 Å². The van der Waals surface area contributed by atoms with Gasteiger partial charge in [-0.1, -0.05) is 6.92 Å². The van der Waals surface area contributed by atoms with Crippen LogP contribution < -0.4 is 0 Å². The molecule has 0 aromatic carbocycles. The van der Waals surface area contributed by atoms with Crippen LogP contribution in [0.1, 0.15) is 13.3 Å². The molecule has 0 aliphatic rings. The van der Waals surface area contributed by atoms with Crippen molar-refractivity contribution in [3.63, 3.8) is 0 Å². The summed E-state index contributed by atoms with van der Waals surface area (Å²) in [7, 11) is 0. The van der Waals surface area contributed by atoms with Crippen LogP contribution in [0.2, 0.25) is 0 Å². The second-order valence-electron chi connectivity index (χ2n) is 2.43. The highest BCUT2D eigenvalue weighted by Crippen LogP contribution is 2.33. The average molecular weight is 294 g/mol. The normalized spacial score (nSPS) is 18.0. The van der Waals surface area contributed by atoms with Crippen molar-refractivity contribution < 1.29 is 22.3 Å². The molecule has 0 amide bonds. The fourth-order valence-corrected chi connectivity index (χ4v) is 3.21. The lowest BCUT2D eigenvalue weighted by atomic mass is 10.5. The minimum Gasteiger partial charge on any atom is -0.337 e. The predicted octanol–water partition coefficient (Wildman–Crippen LogP) is 3.83. The summed E-state index contributed by atoms with van der Waals surface area (Å²) in [5.74, 6) is 0. The lowest BCUT2D eigenvalue weighted by molar-refractivity contribution is -0.269. The Bertz CT molecular complexity index is 183. The summed E-state index contributed by atoms with van der Waals surface area (Å²) in [4.78, 5) is 0. The topological polar surface area (TPSA) is 9.23 Å². The van der Waals surface area contributed by atoms with Crippen molar-refractivity contribution in [1.29, 1.82) is 0 Å². The van der Waals surface area contributed by atoms with E-state index in [1.165, 1.54) is 6.92 Å². The molecule has 86 valence electrons.